The van der Waals surface area contributed by atoms with Crippen LogP contribution < -0.4 is 5.32 Å². The molecule has 8 heteroatoms. The fourth-order valence-corrected chi connectivity index (χ4v) is 4.57. The van der Waals surface area contributed by atoms with Crippen LogP contribution in [0.5, 0.6) is 0 Å². The SMILES string of the molecule is C/C(=C\c1ccc2nccc(C(=O)NCC(=O)N3CC(F)(F)C[C@H]3C#N)c2c1)c1ccc(C(C)(C)C)cc1. The highest BCUT2D eigenvalue weighted by molar-refractivity contribution is 6.07. The van der Waals surface area contributed by atoms with Crippen LogP contribution in [-0.2, 0) is 10.2 Å². The molecular weight excluding hydrogens is 486 g/mol. The summed E-state index contributed by atoms with van der Waals surface area (Å²) < 4.78 is 27.4. The van der Waals surface area contributed by atoms with E-state index >= 15 is 0 Å². The molecule has 0 unspecified atom stereocenters. The summed E-state index contributed by atoms with van der Waals surface area (Å²) >= 11 is 0. The molecule has 1 fully saturated rings. The van der Waals surface area contributed by atoms with Gasteiger partial charge in [0.2, 0.25) is 5.91 Å². The molecule has 1 aliphatic rings. The average molecular weight is 517 g/mol. The molecule has 1 N–H and O–H groups in total. The number of fused-ring (bicyclic) bond motifs is 1. The number of allylic oxidation sites excluding steroid dienone is 1. The summed E-state index contributed by atoms with van der Waals surface area (Å²) in [5.41, 5.74) is 5.26. The Balaban J connectivity index is 1.53. The second-order valence-electron chi connectivity index (χ2n) is 10.7. The fraction of sp³-hybridized carbons (Fsp3) is 0.333. The van der Waals surface area contributed by atoms with E-state index in [1.807, 2.05) is 31.2 Å². The van der Waals surface area contributed by atoms with E-state index in [1.165, 1.54) is 11.8 Å². The molecule has 0 radical (unpaired) electrons. The number of pyridine rings is 1. The summed E-state index contributed by atoms with van der Waals surface area (Å²) in [6, 6.07) is 16.1. The smallest absolute Gasteiger partial charge is 0.268 e. The zero-order valence-electron chi connectivity index (χ0n) is 21.9. The Bertz CT molecular complexity index is 1450. The number of hydrogen-bond donors (Lipinski definition) is 1. The first-order valence-corrected chi connectivity index (χ1v) is 12.4. The summed E-state index contributed by atoms with van der Waals surface area (Å²) in [6.07, 6.45) is 2.83. The van der Waals surface area contributed by atoms with Crippen LogP contribution in [0.2, 0.25) is 0 Å². The minimum atomic E-state index is -3.11. The van der Waals surface area contributed by atoms with E-state index in [0.29, 0.717) is 16.5 Å². The molecule has 3 aromatic rings. The first-order valence-electron chi connectivity index (χ1n) is 12.4. The maximum Gasteiger partial charge on any atom is 0.268 e. The first-order chi connectivity index (χ1) is 17.9. The molecule has 2 heterocycles. The van der Waals surface area contributed by atoms with Crippen molar-refractivity contribution in [1.29, 1.82) is 5.26 Å². The molecule has 2 amide bonds. The van der Waals surface area contributed by atoms with Gasteiger partial charge in [0.1, 0.15) is 6.04 Å². The van der Waals surface area contributed by atoms with Gasteiger partial charge in [-0.3, -0.25) is 14.6 Å². The Morgan fingerprint density at radius 3 is 2.55 bits per heavy atom. The normalized spacial score (nSPS) is 17.3. The molecular formula is C30H30F2N4O2. The summed E-state index contributed by atoms with van der Waals surface area (Å²) in [5, 5.41) is 12.2. The number of carbonyl (C=O) groups excluding carboxylic acids is 2. The Labute approximate surface area is 221 Å². The number of nitrogens with zero attached hydrogens (tertiary/aromatic N) is 3. The molecule has 1 aliphatic heterocycles. The van der Waals surface area contributed by atoms with Gasteiger partial charge in [-0.1, -0.05) is 57.2 Å². The van der Waals surface area contributed by atoms with Gasteiger partial charge in [0, 0.05) is 18.0 Å². The van der Waals surface area contributed by atoms with Gasteiger partial charge in [0.15, 0.2) is 0 Å². The van der Waals surface area contributed by atoms with Crippen molar-refractivity contribution in [1.82, 2.24) is 15.2 Å². The van der Waals surface area contributed by atoms with Crippen molar-refractivity contribution in [3.05, 3.63) is 77.0 Å². The molecule has 0 saturated carbocycles. The Hall–Kier alpha value is -4.12. The third kappa shape index (κ3) is 5.88. The summed E-state index contributed by atoms with van der Waals surface area (Å²) in [5.74, 6) is -4.36. The minimum absolute atomic E-state index is 0.0695. The highest BCUT2D eigenvalue weighted by Gasteiger charge is 2.47. The number of likely N-dealkylation sites (tertiary alicyclic amines) is 1. The lowest BCUT2D eigenvalue weighted by Gasteiger charge is -2.19. The van der Waals surface area contributed by atoms with Crippen molar-refractivity contribution in [2.75, 3.05) is 13.1 Å². The molecule has 1 atom stereocenters. The van der Waals surface area contributed by atoms with Crippen molar-refractivity contribution in [3.8, 4) is 6.07 Å². The van der Waals surface area contributed by atoms with Crippen LogP contribution in [0, 0.1) is 11.3 Å². The third-order valence-electron chi connectivity index (χ3n) is 6.74. The van der Waals surface area contributed by atoms with E-state index < -0.39 is 43.3 Å². The molecule has 38 heavy (non-hydrogen) atoms. The number of amides is 2. The van der Waals surface area contributed by atoms with Crippen LogP contribution in [0.25, 0.3) is 22.6 Å². The number of nitrogens with one attached hydrogen (secondary N) is 1. The molecule has 1 saturated heterocycles. The molecule has 0 aliphatic carbocycles. The Morgan fingerprint density at radius 1 is 1.18 bits per heavy atom. The maximum atomic E-state index is 13.7. The summed E-state index contributed by atoms with van der Waals surface area (Å²) in [7, 11) is 0. The van der Waals surface area contributed by atoms with Crippen LogP contribution in [0.3, 0.4) is 0 Å². The zero-order chi connectivity index (χ0) is 27.7. The van der Waals surface area contributed by atoms with Crippen molar-refractivity contribution < 1.29 is 18.4 Å². The topological polar surface area (TPSA) is 86.1 Å². The van der Waals surface area contributed by atoms with Gasteiger partial charge in [0.05, 0.1) is 30.2 Å². The van der Waals surface area contributed by atoms with Crippen LogP contribution in [0.1, 0.15) is 61.2 Å². The molecule has 0 spiro atoms. The number of rotatable bonds is 5. The third-order valence-corrected chi connectivity index (χ3v) is 6.74. The number of carbonyl (C=O) groups is 2. The van der Waals surface area contributed by atoms with Crippen LogP contribution in [0.15, 0.2) is 54.7 Å². The first kappa shape index (κ1) is 26.9. The molecule has 0 bridgehead atoms. The van der Waals surface area contributed by atoms with Gasteiger partial charge in [-0.25, -0.2) is 8.78 Å². The van der Waals surface area contributed by atoms with E-state index in [4.69, 9.17) is 5.26 Å². The second kappa shape index (κ2) is 10.3. The predicted molar refractivity (Wildman–Crippen MR) is 143 cm³/mol. The molecule has 4 rings (SSSR count). The quantitative estimate of drug-likeness (QED) is 0.449. The van der Waals surface area contributed by atoms with Crippen LogP contribution in [0.4, 0.5) is 8.78 Å². The van der Waals surface area contributed by atoms with Crippen LogP contribution in [-0.4, -0.2) is 46.8 Å². The van der Waals surface area contributed by atoms with E-state index in [9.17, 15) is 18.4 Å². The standard InChI is InChI=1S/C30H30F2N4O2/c1-19(21-6-8-22(9-7-21)29(2,3)4)13-20-5-10-26-25(14-20)24(11-12-34-26)28(38)35-17-27(37)36-18-30(31,32)15-23(36)16-33/h5-14,23H,15,17-18H2,1-4H3,(H,35,38)/b19-13+/t23-/m0/s1. The monoisotopic (exact) mass is 516 g/mol. The highest BCUT2D eigenvalue weighted by Crippen LogP contribution is 2.31. The molecule has 6 nitrogen and oxygen atoms in total. The lowest BCUT2D eigenvalue weighted by atomic mass is 9.86. The van der Waals surface area contributed by atoms with Gasteiger partial charge < -0.3 is 10.2 Å². The number of aromatic nitrogens is 1. The lowest BCUT2D eigenvalue weighted by Crippen LogP contribution is -2.43. The summed E-state index contributed by atoms with van der Waals surface area (Å²) in [6.45, 7) is 7.23. The van der Waals surface area contributed by atoms with E-state index in [0.717, 1.165) is 21.6 Å². The molecule has 2 aromatic carbocycles. The van der Waals surface area contributed by atoms with Crippen molar-refractivity contribution >= 4 is 34.4 Å². The van der Waals surface area contributed by atoms with Gasteiger partial charge in [-0.2, -0.15) is 5.26 Å². The Morgan fingerprint density at radius 2 is 1.89 bits per heavy atom. The number of alkyl halides is 2. The minimum Gasteiger partial charge on any atom is -0.343 e. The van der Waals surface area contributed by atoms with Crippen molar-refractivity contribution in [3.63, 3.8) is 0 Å². The number of hydrogen-bond acceptors (Lipinski definition) is 4. The van der Waals surface area contributed by atoms with Gasteiger partial charge in [-0.05, 0) is 52.8 Å². The molecule has 196 valence electrons. The van der Waals surface area contributed by atoms with Crippen LogP contribution >= 0.6 is 0 Å². The fourth-order valence-electron chi connectivity index (χ4n) is 4.57. The van der Waals surface area contributed by atoms with E-state index in [-0.39, 0.29) is 5.41 Å². The summed E-state index contributed by atoms with van der Waals surface area (Å²) in [4.78, 5) is 30.6. The average Bonchev–Trinajstić information content (AvgIpc) is 3.20. The largest absolute Gasteiger partial charge is 0.343 e. The van der Waals surface area contributed by atoms with E-state index in [1.54, 1.807) is 12.1 Å². The molecule has 1 aromatic heterocycles. The van der Waals surface area contributed by atoms with Crippen molar-refractivity contribution in [2.24, 2.45) is 0 Å². The maximum absolute atomic E-state index is 13.7. The Kier molecular flexibility index (Phi) is 7.32. The number of nitriles is 1. The predicted octanol–water partition coefficient (Wildman–Crippen LogP) is 5.58. The highest BCUT2D eigenvalue weighted by atomic mass is 19.3. The number of benzene rings is 2. The van der Waals surface area contributed by atoms with Gasteiger partial charge in [0.25, 0.3) is 11.8 Å². The second-order valence-corrected chi connectivity index (χ2v) is 10.7. The van der Waals surface area contributed by atoms with Crippen molar-refractivity contribution in [2.45, 2.75) is 51.5 Å². The lowest BCUT2D eigenvalue weighted by molar-refractivity contribution is -0.131. The van der Waals surface area contributed by atoms with Gasteiger partial charge in [-0.15, -0.1) is 0 Å². The zero-order valence-corrected chi connectivity index (χ0v) is 21.9. The number of halogens is 2. The van der Waals surface area contributed by atoms with Gasteiger partial charge >= 0.3 is 0 Å². The van der Waals surface area contributed by atoms with E-state index in [2.05, 4.69) is 55.3 Å².